The average molecular weight is 385 g/mol. The van der Waals surface area contributed by atoms with Crippen molar-refractivity contribution in [2.24, 2.45) is 5.92 Å². The summed E-state index contributed by atoms with van der Waals surface area (Å²) in [6.07, 6.45) is 8.63. The molecular formula is C21H25ClN4O. The lowest BCUT2D eigenvalue weighted by Crippen LogP contribution is -2.49. The molecule has 2 fully saturated rings. The van der Waals surface area contributed by atoms with E-state index >= 15 is 0 Å². The molecular weight excluding hydrogens is 360 g/mol. The van der Waals surface area contributed by atoms with E-state index in [0.717, 1.165) is 24.9 Å². The number of likely N-dealkylation sites (tertiary alicyclic amines) is 1. The third-order valence-corrected chi connectivity index (χ3v) is 6.02. The summed E-state index contributed by atoms with van der Waals surface area (Å²) < 4.78 is 0. The van der Waals surface area contributed by atoms with E-state index in [1.165, 1.54) is 31.9 Å². The van der Waals surface area contributed by atoms with Crippen molar-refractivity contribution in [3.8, 4) is 0 Å². The van der Waals surface area contributed by atoms with Crippen molar-refractivity contribution in [1.82, 2.24) is 14.9 Å². The molecule has 2 atom stereocenters. The number of nitrogens with one attached hydrogen (secondary N) is 1. The summed E-state index contributed by atoms with van der Waals surface area (Å²) in [5, 5.41) is 3.51. The van der Waals surface area contributed by atoms with Gasteiger partial charge < -0.3 is 10.2 Å². The zero-order valence-electron chi connectivity index (χ0n) is 15.4. The Morgan fingerprint density at radius 2 is 1.93 bits per heavy atom. The van der Waals surface area contributed by atoms with Crippen LogP contribution in [0.4, 0.5) is 5.95 Å². The van der Waals surface area contributed by atoms with Crippen LogP contribution < -0.4 is 5.32 Å². The van der Waals surface area contributed by atoms with E-state index in [9.17, 15) is 4.79 Å². The molecule has 1 N–H and O–H groups in total. The molecule has 27 heavy (non-hydrogen) atoms. The average Bonchev–Trinajstić information content (AvgIpc) is 2.73. The van der Waals surface area contributed by atoms with Crippen LogP contribution in [-0.2, 0) is 6.54 Å². The molecule has 6 heteroatoms. The van der Waals surface area contributed by atoms with Gasteiger partial charge in [-0.25, -0.2) is 9.97 Å². The molecule has 5 nitrogen and oxygen atoms in total. The fourth-order valence-corrected chi connectivity index (χ4v) is 4.56. The predicted octanol–water partition coefficient (Wildman–Crippen LogP) is 4.54. The van der Waals surface area contributed by atoms with Crippen LogP contribution in [0, 0.1) is 5.92 Å². The first kappa shape index (κ1) is 18.2. The number of hydrogen-bond acceptors (Lipinski definition) is 4. The summed E-state index contributed by atoms with van der Waals surface area (Å²) in [4.78, 5) is 23.9. The van der Waals surface area contributed by atoms with Crippen LogP contribution in [0.1, 0.15) is 54.6 Å². The second kappa shape index (κ2) is 8.26. The van der Waals surface area contributed by atoms with Gasteiger partial charge in [-0.3, -0.25) is 4.79 Å². The van der Waals surface area contributed by atoms with Crippen LogP contribution in [0.3, 0.4) is 0 Å². The number of carbonyl (C=O) groups excluding carboxylic acids is 1. The van der Waals surface area contributed by atoms with E-state index in [1.807, 2.05) is 35.2 Å². The highest BCUT2D eigenvalue weighted by Crippen LogP contribution is 2.36. The minimum atomic E-state index is -0.0539. The Bertz CT molecular complexity index is 796. The van der Waals surface area contributed by atoms with Crippen LogP contribution in [0.5, 0.6) is 0 Å². The Balaban J connectivity index is 1.51. The molecule has 1 aliphatic heterocycles. The molecule has 1 aliphatic carbocycles. The van der Waals surface area contributed by atoms with Crippen molar-refractivity contribution in [2.45, 2.75) is 51.1 Å². The number of halogens is 1. The minimum absolute atomic E-state index is 0.0539. The van der Waals surface area contributed by atoms with Crippen LogP contribution >= 0.6 is 11.6 Å². The number of rotatable bonds is 4. The standard InChI is InChI=1S/C21H25ClN4O/c22-17-14-24-21(23-13-15-7-2-1-3-8-15)25-19(17)20(27)26-12-6-10-16-9-4-5-11-18(16)26/h1-3,7-8,14,16,18H,4-6,9-13H2,(H,23,24,25). The number of nitrogens with zero attached hydrogens (tertiary/aromatic N) is 3. The maximum atomic E-state index is 13.2. The molecule has 0 radical (unpaired) electrons. The van der Waals surface area contributed by atoms with Crippen LogP contribution in [-0.4, -0.2) is 33.4 Å². The number of aromatic nitrogens is 2. The first-order valence-electron chi connectivity index (χ1n) is 9.83. The van der Waals surface area contributed by atoms with Gasteiger partial charge in [0, 0.05) is 19.1 Å². The molecule has 2 aromatic rings. The summed E-state index contributed by atoms with van der Waals surface area (Å²) in [7, 11) is 0. The topological polar surface area (TPSA) is 58.1 Å². The normalized spacial score (nSPS) is 22.2. The zero-order valence-corrected chi connectivity index (χ0v) is 16.2. The maximum Gasteiger partial charge on any atom is 0.274 e. The summed E-state index contributed by atoms with van der Waals surface area (Å²) in [6, 6.07) is 10.4. The molecule has 0 spiro atoms. The minimum Gasteiger partial charge on any atom is -0.350 e. The number of amides is 1. The molecule has 1 amide bonds. The van der Waals surface area contributed by atoms with Crippen molar-refractivity contribution in [3.63, 3.8) is 0 Å². The zero-order chi connectivity index (χ0) is 18.6. The van der Waals surface area contributed by atoms with Gasteiger partial charge in [0.15, 0.2) is 5.69 Å². The summed E-state index contributed by atoms with van der Waals surface area (Å²) in [5.74, 6) is 1.01. The molecule has 1 aromatic heterocycles. The molecule has 1 saturated carbocycles. The van der Waals surface area contributed by atoms with Crippen LogP contribution in [0.25, 0.3) is 0 Å². The van der Waals surface area contributed by atoms with Gasteiger partial charge in [0.05, 0.1) is 11.2 Å². The second-order valence-corrected chi connectivity index (χ2v) is 7.89. The fourth-order valence-electron chi connectivity index (χ4n) is 4.39. The Morgan fingerprint density at radius 3 is 2.78 bits per heavy atom. The molecule has 1 aromatic carbocycles. The third-order valence-electron chi connectivity index (χ3n) is 5.74. The maximum absolute atomic E-state index is 13.2. The number of carbonyl (C=O) groups is 1. The van der Waals surface area contributed by atoms with Gasteiger partial charge in [-0.1, -0.05) is 54.8 Å². The van der Waals surface area contributed by atoms with E-state index in [1.54, 1.807) is 0 Å². The molecule has 2 unspecified atom stereocenters. The van der Waals surface area contributed by atoms with Gasteiger partial charge >= 0.3 is 0 Å². The third kappa shape index (κ3) is 4.08. The summed E-state index contributed by atoms with van der Waals surface area (Å²) in [6.45, 7) is 1.40. The number of benzene rings is 1. The van der Waals surface area contributed by atoms with Crippen molar-refractivity contribution in [3.05, 3.63) is 52.8 Å². The van der Waals surface area contributed by atoms with Crippen molar-refractivity contribution in [2.75, 3.05) is 11.9 Å². The Kier molecular flexibility index (Phi) is 5.58. The number of fused-ring (bicyclic) bond motifs is 1. The molecule has 2 aliphatic rings. The van der Waals surface area contributed by atoms with Gasteiger partial charge in [-0.15, -0.1) is 0 Å². The Hall–Kier alpha value is -2.14. The lowest BCUT2D eigenvalue weighted by molar-refractivity contribution is 0.0385. The molecule has 2 heterocycles. The Morgan fingerprint density at radius 1 is 1.15 bits per heavy atom. The van der Waals surface area contributed by atoms with Crippen LogP contribution in [0.2, 0.25) is 5.02 Å². The van der Waals surface area contributed by atoms with Crippen molar-refractivity contribution in [1.29, 1.82) is 0 Å². The molecule has 4 rings (SSSR count). The number of anilines is 1. The van der Waals surface area contributed by atoms with Crippen LogP contribution in [0.15, 0.2) is 36.5 Å². The van der Waals surface area contributed by atoms with Gasteiger partial charge in [-0.05, 0) is 37.2 Å². The van der Waals surface area contributed by atoms with Crippen molar-refractivity contribution >= 4 is 23.5 Å². The number of piperidine rings is 1. The smallest absolute Gasteiger partial charge is 0.274 e. The van der Waals surface area contributed by atoms with Gasteiger partial charge in [0.1, 0.15) is 0 Å². The highest BCUT2D eigenvalue weighted by atomic mass is 35.5. The lowest BCUT2D eigenvalue weighted by atomic mass is 9.78. The first-order valence-corrected chi connectivity index (χ1v) is 10.2. The second-order valence-electron chi connectivity index (χ2n) is 7.48. The van der Waals surface area contributed by atoms with E-state index in [-0.39, 0.29) is 5.91 Å². The summed E-state index contributed by atoms with van der Waals surface area (Å²) >= 11 is 6.30. The molecule has 1 saturated heterocycles. The number of hydrogen-bond donors (Lipinski definition) is 1. The predicted molar refractivity (Wildman–Crippen MR) is 107 cm³/mol. The van der Waals surface area contributed by atoms with Gasteiger partial charge in [-0.2, -0.15) is 0 Å². The van der Waals surface area contributed by atoms with E-state index in [4.69, 9.17) is 11.6 Å². The van der Waals surface area contributed by atoms with E-state index in [2.05, 4.69) is 15.3 Å². The van der Waals surface area contributed by atoms with Crippen molar-refractivity contribution < 1.29 is 4.79 Å². The lowest BCUT2D eigenvalue weighted by Gasteiger charge is -2.44. The monoisotopic (exact) mass is 384 g/mol. The van der Waals surface area contributed by atoms with Gasteiger partial charge in [0.2, 0.25) is 5.95 Å². The first-order chi connectivity index (χ1) is 13.2. The van der Waals surface area contributed by atoms with E-state index in [0.29, 0.717) is 35.2 Å². The fraction of sp³-hybridized carbons (Fsp3) is 0.476. The largest absolute Gasteiger partial charge is 0.350 e. The SMILES string of the molecule is O=C(c1nc(NCc2ccccc2)ncc1Cl)N1CCCC2CCCCC21. The quantitative estimate of drug-likeness (QED) is 0.840. The molecule has 142 valence electrons. The summed E-state index contributed by atoms with van der Waals surface area (Å²) in [5.41, 5.74) is 1.44. The van der Waals surface area contributed by atoms with Gasteiger partial charge in [0.25, 0.3) is 5.91 Å². The molecule has 0 bridgehead atoms. The Labute approximate surface area is 165 Å². The van der Waals surface area contributed by atoms with E-state index < -0.39 is 0 Å². The highest BCUT2D eigenvalue weighted by Gasteiger charge is 2.37. The highest BCUT2D eigenvalue weighted by molar-refractivity contribution is 6.33.